The first-order valence-electron chi connectivity index (χ1n) is 34.0. The van der Waals surface area contributed by atoms with Crippen LogP contribution in [0.5, 0.6) is 0 Å². The molecule has 6 heteroatoms. The van der Waals surface area contributed by atoms with Crippen LogP contribution in [-0.4, -0.2) is 37.2 Å². The Hall–Kier alpha value is -4.19. The molecule has 0 aromatic rings. The van der Waals surface area contributed by atoms with Crippen LogP contribution in [0.1, 0.15) is 316 Å². The smallest absolute Gasteiger partial charge is 0.306 e. The Labute approximate surface area is 501 Å². The van der Waals surface area contributed by atoms with Gasteiger partial charge in [-0.3, -0.25) is 14.4 Å². The monoisotopic (exact) mass is 1120 g/mol. The average molecular weight is 1120 g/mol. The maximum Gasteiger partial charge on any atom is 0.306 e. The van der Waals surface area contributed by atoms with E-state index in [0.29, 0.717) is 19.3 Å². The van der Waals surface area contributed by atoms with Crippen molar-refractivity contribution in [2.45, 2.75) is 322 Å². The summed E-state index contributed by atoms with van der Waals surface area (Å²) >= 11 is 0. The predicted molar refractivity (Wildman–Crippen MR) is 353 cm³/mol. The first kappa shape index (κ1) is 76.8. The van der Waals surface area contributed by atoms with Crippen LogP contribution >= 0.6 is 0 Å². The molecule has 0 bridgehead atoms. The number of ether oxygens (including phenoxy) is 3. The summed E-state index contributed by atoms with van der Waals surface area (Å²) in [6.07, 6.45) is 94.9. The number of unbranched alkanes of at least 4 members (excludes halogenated alkanes) is 30. The highest BCUT2D eigenvalue weighted by Crippen LogP contribution is 2.17. The Balaban J connectivity index is 4.40. The Morgan fingerprint density at radius 1 is 0.259 bits per heavy atom. The maximum atomic E-state index is 12.9. The second kappa shape index (κ2) is 68.3. The fourth-order valence-electron chi connectivity index (χ4n) is 9.44. The van der Waals surface area contributed by atoms with Crippen molar-refractivity contribution >= 4 is 17.9 Å². The molecule has 0 fully saturated rings. The van der Waals surface area contributed by atoms with Gasteiger partial charge in [-0.2, -0.15) is 0 Å². The van der Waals surface area contributed by atoms with Gasteiger partial charge in [0.15, 0.2) is 6.10 Å². The molecule has 81 heavy (non-hydrogen) atoms. The topological polar surface area (TPSA) is 78.9 Å². The van der Waals surface area contributed by atoms with Gasteiger partial charge in [-0.1, -0.05) is 309 Å². The summed E-state index contributed by atoms with van der Waals surface area (Å²) < 4.78 is 17.0. The fourth-order valence-corrected chi connectivity index (χ4v) is 9.44. The number of hydrogen-bond donors (Lipinski definition) is 0. The zero-order chi connectivity index (χ0) is 58.5. The van der Waals surface area contributed by atoms with Gasteiger partial charge >= 0.3 is 17.9 Å². The van der Waals surface area contributed by atoms with E-state index in [1.54, 1.807) is 0 Å². The molecule has 0 heterocycles. The Morgan fingerprint density at radius 3 is 0.753 bits per heavy atom. The summed E-state index contributed by atoms with van der Waals surface area (Å²) in [5.74, 6) is -0.904. The highest BCUT2D eigenvalue weighted by atomic mass is 16.6. The molecule has 0 rings (SSSR count). The third-order valence-electron chi connectivity index (χ3n) is 14.5. The standard InChI is InChI=1S/C75H126O6/c1-4-7-10-13-16-19-22-25-28-30-32-34-36-37-39-40-42-44-47-50-53-56-59-62-65-68-74(77)80-71-72(70-79-73(76)67-64-61-58-55-52-49-46-27-24-21-18-15-12-9-6-3)81-75(78)69-66-63-60-57-54-51-48-45-43-41-38-35-33-31-29-26-23-20-17-14-11-8-5-2/h7-8,10-11,16-17,19-20,25-26,28-29,32-35,41,43,48,51,72H,4-6,9,12-15,18,21-24,27,30-31,36-40,42,44-47,49-50,52-71H2,1-3H3/b10-7-,11-8-,19-16-,20-17-,28-25-,29-26-,34-32-,35-33-,43-41-,51-48-. The van der Waals surface area contributed by atoms with Gasteiger partial charge in [-0.25, -0.2) is 0 Å². The minimum absolute atomic E-state index is 0.0881. The molecule has 0 radical (unpaired) electrons. The van der Waals surface area contributed by atoms with E-state index in [1.807, 2.05) is 0 Å². The van der Waals surface area contributed by atoms with Crippen LogP contribution in [0.2, 0.25) is 0 Å². The number of carbonyl (C=O) groups is 3. The molecule has 0 spiro atoms. The normalized spacial score (nSPS) is 12.9. The van der Waals surface area contributed by atoms with Crippen molar-refractivity contribution in [1.29, 1.82) is 0 Å². The van der Waals surface area contributed by atoms with Crippen molar-refractivity contribution in [2.75, 3.05) is 13.2 Å². The van der Waals surface area contributed by atoms with Gasteiger partial charge in [-0.05, 0) is 109 Å². The van der Waals surface area contributed by atoms with Crippen LogP contribution in [0.3, 0.4) is 0 Å². The summed E-state index contributed by atoms with van der Waals surface area (Å²) in [6, 6.07) is 0. The minimum Gasteiger partial charge on any atom is -0.462 e. The summed E-state index contributed by atoms with van der Waals surface area (Å²) in [4.78, 5) is 38.4. The molecule has 0 aliphatic heterocycles. The maximum absolute atomic E-state index is 12.9. The molecule has 0 amide bonds. The van der Waals surface area contributed by atoms with Gasteiger partial charge in [0.2, 0.25) is 0 Å². The van der Waals surface area contributed by atoms with Crippen LogP contribution < -0.4 is 0 Å². The third kappa shape index (κ3) is 66.5. The lowest BCUT2D eigenvalue weighted by atomic mass is 10.0. The molecule has 462 valence electrons. The zero-order valence-corrected chi connectivity index (χ0v) is 53.0. The summed E-state index contributed by atoms with van der Waals surface area (Å²) in [5, 5.41) is 0. The van der Waals surface area contributed by atoms with Gasteiger partial charge in [0.1, 0.15) is 13.2 Å². The number of carbonyl (C=O) groups excluding carboxylic acids is 3. The van der Waals surface area contributed by atoms with E-state index in [0.717, 1.165) is 135 Å². The van der Waals surface area contributed by atoms with Gasteiger partial charge in [0.05, 0.1) is 0 Å². The molecule has 0 saturated carbocycles. The molecule has 0 aromatic carbocycles. The van der Waals surface area contributed by atoms with Crippen molar-refractivity contribution in [3.8, 4) is 0 Å². The van der Waals surface area contributed by atoms with E-state index in [9.17, 15) is 14.4 Å². The average Bonchev–Trinajstić information content (AvgIpc) is 3.47. The highest BCUT2D eigenvalue weighted by molar-refractivity contribution is 5.71. The molecule has 0 saturated heterocycles. The van der Waals surface area contributed by atoms with Crippen molar-refractivity contribution in [1.82, 2.24) is 0 Å². The Kier molecular flexibility index (Phi) is 64.8. The largest absolute Gasteiger partial charge is 0.462 e. The lowest BCUT2D eigenvalue weighted by Gasteiger charge is -2.18. The van der Waals surface area contributed by atoms with Gasteiger partial charge in [-0.15, -0.1) is 0 Å². The molecule has 0 N–H and O–H groups in total. The Morgan fingerprint density at radius 2 is 0.481 bits per heavy atom. The first-order valence-corrected chi connectivity index (χ1v) is 34.0. The number of hydrogen-bond acceptors (Lipinski definition) is 6. The van der Waals surface area contributed by atoms with Crippen molar-refractivity contribution < 1.29 is 28.6 Å². The summed E-state index contributed by atoms with van der Waals surface area (Å²) in [6.45, 7) is 6.42. The van der Waals surface area contributed by atoms with Crippen molar-refractivity contribution in [3.63, 3.8) is 0 Å². The van der Waals surface area contributed by atoms with Crippen molar-refractivity contribution in [2.24, 2.45) is 0 Å². The van der Waals surface area contributed by atoms with Crippen molar-refractivity contribution in [3.05, 3.63) is 122 Å². The summed E-state index contributed by atoms with van der Waals surface area (Å²) in [7, 11) is 0. The van der Waals surface area contributed by atoms with Crippen LogP contribution in [0.4, 0.5) is 0 Å². The zero-order valence-electron chi connectivity index (χ0n) is 53.0. The van der Waals surface area contributed by atoms with Crippen LogP contribution in [0.25, 0.3) is 0 Å². The molecule has 0 aliphatic rings. The van der Waals surface area contributed by atoms with E-state index in [4.69, 9.17) is 14.2 Å². The molecular weight excluding hydrogens is 997 g/mol. The number of rotatable bonds is 61. The van der Waals surface area contributed by atoms with Gasteiger partial charge in [0, 0.05) is 19.3 Å². The van der Waals surface area contributed by atoms with Gasteiger partial charge < -0.3 is 14.2 Å². The second-order valence-corrected chi connectivity index (χ2v) is 22.3. The molecule has 6 nitrogen and oxygen atoms in total. The number of allylic oxidation sites excluding steroid dienone is 20. The molecule has 1 unspecified atom stereocenters. The quantitative estimate of drug-likeness (QED) is 0.0261. The molecule has 1 atom stereocenters. The van der Waals surface area contributed by atoms with Crippen LogP contribution in [0, 0.1) is 0 Å². The number of esters is 3. The molecular formula is C75H126O6. The van der Waals surface area contributed by atoms with Crippen LogP contribution in [-0.2, 0) is 28.6 Å². The van der Waals surface area contributed by atoms with E-state index in [2.05, 4.69) is 142 Å². The SMILES string of the molecule is CC/C=C\C/C=C\C/C=C\C/C=C\C/C=C\C/C=C\CCCCCCC(=O)OC(COC(=O)CCCCCCCCCCCCCC/C=C\C/C=C\C/C=C\C/C=C\CC)COC(=O)CCCCCCCCCCCCCCCCC. The third-order valence-corrected chi connectivity index (χ3v) is 14.5. The highest BCUT2D eigenvalue weighted by Gasteiger charge is 2.19. The lowest BCUT2D eigenvalue weighted by molar-refractivity contribution is -0.167. The summed E-state index contributed by atoms with van der Waals surface area (Å²) in [5.41, 5.74) is 0. The second-order valence-electron chi connectivity index (χ2n) is 22.3. The minimum atomic E-state index is -0.796. The first-order chi connectivity index (χ1) is 40.0. The van der Waals surface area contributed by atoms with E-state index in [-0.39, 0.29) is 31.1 Å². The fraction of sp³-hybridized carbons (Fsp3) is 0.693. The van der Waals surface area contributed by atoms with E-state index >= 15 is 0 Å². The Bertz CT molecular complexity index is 1670. The van der Waals surface area contributed by atoms with E-state index in [1.165, 1.54) is 141 Å². The lowest BCUT2D eigenvalue weighted by Crippen LogP contribution is -2.30. The van der Waals surface area contributed by atoms with E-state index < -0.39 is 6.10 Å². The predicted octanol–water partition coefficient (Wildman–Crippen LogP) is 23.6. The molecule has 0 aliphatic carbocycles. The molecule has 0 aromatic heterocycles. The van der Waals surface area contributed by atoms with Gasteiger partial charge in [0.25, 0.3) is 0 Å². The van der Waals surface area contributed by atoms with Crippen LogP contribution in [0.15, 0.2) is 122 Å².